The lowest BCUT2D eigenvalue weighted by molar-refractivity contribution is 0.0963. The van der Waals surface area contributed by atoms with Crippen molar-refractivity contribution in [3.63, 3.8) is 0 Å². The molecule has 2 aromatic rings. The fourth-order valence-electron chi connectivity index (χ4n) is 1.51. The monoisotopic (exact) mass is 308 g/mol. The Morgan fingerprint density at radius 2 is 2.35 bits per heavy atom. The van der Waals surface area contributed by atoms with Crippen molar-refractivity contribution in [3.8, 4) is 12.3 Å². The van der Waals surface area contributed by atoms with Gasteiger partial charge < -0.3 is 11.1 Å². The molecule has 0 unspecified atom stereocenters. The Bertz CT molecular complexity index is 627. The lowest BCUT2D eigenvalue weighted by Crippen LogP contribution is -2.23. The van der Waals surface area contributed by atoms with E-state index in [9.17, 15) is 4.79 Å². The zero-order valence-corrected chi connectivity index (χ0v) is 11.2. The van der Waals surface area contributed by atoms with Crippen molar-refractivity contribution in [2.75, 3.05) is 12.3 Å². The Morgan fingerprint density at radius 1 is 1.59 bits per heavy atom. The first kappa shape index (κ1) is 12.0. The van der Waals surface area contributed by atoms with E-state index in [1.165, 1.54) is 11.3 Å². The molecule has 17 heavy (non-hydrogen) atoms. The van der Waals surface area contributed by atoms with Crippen LogP contribution in [-0.2, 0) is 0 Å². The number of rotatable bonds is 2. The molecule has 1 heterocycles. The summed E-state index contributed by atoms with van der Waals surface area (Å²) in [5.41, 5.74) is 6.47. The van der Waals surface area contributed by atoms with E-state index >= 15 is 0 Å². The maximum absolute atomic E-state index is 11.8. The number of carbonyl (C=O) groups is 1. The molecule has 1 aromatic carbocycles. The standard InChI is InChI=1S/C12H9BrN2OS/c1-2-6-15-12(16)11-10(14)9-7(13)4-3-5-8(9)17-11/h1,3-5H,6,14H2,(H,15,16). The third kappa shape index (κ3) is 2.14. The molecule has 2 rings (SSSR count). The summed E-state index contributed by atoms with van der Waals surface area (Å²) >= 11 is 4.79. The second-order valence-corrected chi connectivity index (χ2v) is 5.25. The van der Waals surface area contributed by atoms with Gasteiger partial charge in [0.1, 0.15) is 4.88 Å². The van der Waals surface area contributed by atoms with Gasteiger partial charge in [-0.3, -0.25) is 4.79 Å². The quantitative estimate of drug-likeness (QED) is 0.838. The molecule has 1 aromatic heterocycles. The van der Waals surface area contributed by atoms with Crippen molar-refractivity contribution < 1.29 is 4.79 Å². The second kappa shape index (κ2) is 4.78. The van der Waals surface area contributed by atoms with Crippen LogP contribution in [0.25, 0.3) is 10.1 Å². The maximum atomic E-state index is 11.8. The number of nitrogens with two attached hydrogens (primary N) is 1. The Balaban J connectivity index is 2.50. The van der Waals surface area contributed by atoms with Crippen LogP contribution >= 0.6 is 27.3 Å². The normalized spacial score (nSPS) is 10.1. The first-order valence-corrected chi connectivity index (χ1v) is 6.44. The largest absolute Gasteiger partial charge is 0.397 e. The van der Waals surface area contributed by atoms with Crippen molar-refractivity contribution in [2.45, 2.75) is 0 Å². The number of hydrogen-bond acceptors (Lipinski definition) is 3. The van der Waals surface area contributed by atoms with Crippen molar-refractivity contribution in [3.05, 3.63) is 27.5 Å². The molecule has 0 bridgehead atoms. The average Bonchev–Trinajstić information content (AvgIpc) is 2.65. The van der Waals surface area contributed by atoms with Gasteiger partial charge in [0.2, 0.25) is 0 Å². The van der Waals surface area contributed by atoms with Gasteiger partial charge in [-0.1, -0.05) is 27.9 Å². The molecule has 0 spiro atoms. The van der Waals surface area contributed by atoms with Gasteiger partial charge in [-0.15, -0.1) is 17.8 Å². The third-order valence-electron chi connectivity index (χ3n) is 2.26. The van der Waals surface area contributed by atoms with E-state index < -0.39 is 0 Å². The molecule has 0 atom stereocenters. The minimum Gasteiger partial charge on any atom is -0.397 e. The molecule has 3 N–H and O–H groups in total. The Morgan fingerprint density at radius 3 is 3.00 bits per heavy atom. The van der Waals surface area contributed by atoms with Crippen LogP contribution in [0.4, 0.5) is 5.69 Å². The number of thiophene rings is 1. The number of halogens is 1. The molecule has 1 amide bonds. The van der Waals surface area contributed by atoms with Gasteiger partial charge >= 0.3 is 0 Å². The summed E-state index contributed by atoms with van der Waals surface area (Å²) in [4.78, 5) is 12.3. The topological polar surface area (TPSA) is 55.1 Å². The minimum absolute atomic E-state index is 0.202. The second-order valence-electron chi connectivity index (χ2n) is 3.34. The van der Waals surface area contributed by atoms with Crippen molar-refractivity contribution in [1.82, 2.24) is 5.32 Å². The summed E-state index contributed by atoms with van der Waals surface area (Å²) < 4.78 is 1.86. The van der Waals surface area contributed by atoms with E-state index in [0.717, 1.165) is 14.6 Å². The molecular weight excluding hydrogens is 300 g/mol. The minimum atomic E-state index is -0.228. The lowest BCUT2D eigenvalue weighted by atomic mass is 10.2. The van der Waals surface area contributed by atoms with Crippen LogP contribution in [0.1, 0.15) is 9.67 Å². The van der Waals surface area contributed by atoms with E-state index in [4.69, 9.17) is 12.2 Å². The highest BCUT2D eigenvalue weighted by atomic mass is 79.9. The fraction of sp³-hybridized carbons (Fsp3) is 0.0833. The molecule has 3 nitrogen and oxygen atoms in total. The number of hydrogen-bond donors (Lipinski definition) is 2. The number of terminal acetylenes is 1. The summed E-state index contributed by atoms with van der Waals surface area (Å²) in [5, 5.41) is 3.49. The molecule has 5 heteroatoms. The van der Waals surface area contributed by atoms with Crippen LogP contribution in [0.2, 0.25) is 0 Å². The van der Waals surface area contributed by atoms with Gasteiger partial charge in [-0.2, -0.15) is 0 Å². The highest BCUT2D eigenvalue weighted by Gasteiger charge is 2.17. The molecule has 86 valence electrons. The van der Waals surface area contributed by atoms with E-state index in [2.05, 4.69) is 27.2 Å². The summed E-state index contributed by atoms with van der Waals surface area (Å²) in [6.07, 6.45) is 5.09. The first-order chi connectivity index (χ1) is 8.15. The summed E-state index contributed by atoms with van der Waals surface area (Å²) in [5.74, 6) is 2.13. The molecular formula is C12H9BrN2OS. The number of carbonyl (C=O) groups excluding carboxylic acids is 1. The zero-order valence-electron chi connectivity index (χ0n) is 8.79. The number of anilines is 1. The van der Waals surface area contributed by atoms with E-state index in [1.54, 1.807) is 0 Å². The van der Waals surface area contributed by atoms with Crippen LogP contribution in [0, 0.1) is 12.3 Å². The van der Waals surface area contributed by atoms with E-state index in [1.807, 2.05) is 18.2 Å². The van der Waals surface area contributed by atoms with Gasteiger partial charge in [0, 0.05) is 14.6 Å². The number of benzene rings is 1. The molecule has 0 saturated carbocycles. The van der Waals surface area contributed by atoms with Crippen LogP contribution < -0.4 is 11.1 Å². The van der Waals surface area contributed by atoms with Gasteiger partial charge in [0.15, 0.2) is 0 Å². The van der Waals surface area contributed by atoms with Gasteiger partial charge in [-0.05, 0) is 12.1 Å². The summed E-state index contributed by atoms with van der Waals surface area (Å²) in [6.45, 7) is 0.202. The average molecular weight is 309 g/mol. The van der Waals surface area contributed by atoms with Crippen LogP contribution in [0.15, 0.2) is 22.7 Å². The molecule has 0 aliphatic heterocycles. The number of nitrogens with one attached hydrogen (secondary N) is 1. The fourth-order valence-corrected chi connectivity index (χ4v) is 3.29. The SMILES string of the molecule is C#CCNC(=O)c1sc2cccc(Br)c2c1N. The highest BCUT2D eigenvalue weighted by Crippen LogP contribution is 2.37. The maximum Gasteiger partial charge on any atom is 0.264 e. The smallest absolute Gasteiger partial charge is 0.264 e. The summed E-state index contributed by atoms with van der Waals surface area (Å²) in [6, 6.07) is 5.74. The zero-order chi connectivity index (χ0) is 12.4. The van der Waals surface area contributed by atoms with Crippen LogP contribution in [0.5, 0.6) is 0 Å². The number of amides is 1. The highest BCUT2D eigenvalue weighted by molar-refractivity contribution is 9.10. The molecule has 0 aliphatic rings. The Kier molecular flexibility index (Phi) is 3.36. The first-order valence-electron chi connectivity index (χ1n) is 4.83. The molecule has 0 radical (unpaired) electrons. The molecule has 0 aliphatic carbocycles. The van der Waals surface area contributed by atoms with E-state index in [0.29, 0.717) is 10.6 Å². The van der Waals surface area contributed by atoms with Gasteiger partial charge in [-0.25, -0.2) is 0 Å². The lowest BCUT2D eigenvalue weighted by Gasteiger charge is -1.99. The number of fused-ring (bicyclic) bond motifs is 1. The molecule has 0 fully saturated rings. The predicted octanol–water partition coefficient (Wildman–Crippen LogP) is 2.61. The molecule has 0 saturated heterocycles. The number of nitrogen functional groups attached to an aromatic ring is 1. The van der Waals surface area contributed by atoms with Crippen LogP contribution in [0.3, 0.4) is 0 Å². The third-order valence-corrected chi connectivity index (χ3v) is 4.09. The Labute approximate surface area is 111 Å². The van der Waals surface area contributed by atoms with Crippen molar-refractivity contribution in [2.24, 2.45) is 0 Å². The van der Waals surface area contributed by atoms with Crippen LogP contribution in [-0.4, -0.2) is 12.5 Å². The van der Waals surface area contributed by atoms with Crippen molar-refractivity contribution >= 4 is 48.9 Å². The van der Waals surface area contributed by atoms with Gasteiger partial charge in [0.05, 0.1) is 12.2 Å². The van der Waals surface area contributed by atoms with Gasteiger partial charge in [0.25, 0.3) is 5.91 Å². The van der Waals surface area contributed by atoms with Crippen molar-refractivity contribution in [1.29, 1.82) is 0 Å². The van der Waals surface area contributed by atoms with E-state index in [-0.39, 0.29) is 12.5 Å². The summed E-state index contributed by atoms with van der Waals surface area (Å²) in [7, 11) is 0. The predicted molar refractivity (Wildman–Crippen MR) is 75.1 cm³/mol. The Hall–Kier alpha value is -1.51.